The van der Waals surface area contributed by atoms with Crippen molar-refractivity contribution in [2.45, 2.75) is 108 Å². The van der Waals surface area contributed by atoms with Gasteiger partial charge in [-0.1, -0.05) is 59.7 Å². The van der Waals surface area contributed by atoms with Crippen molar-refractivity contribution in [3.8, 4) is 0 Å². The van der Waals surface area contributed by atoms with Gasteiger partial charge in [-0.25, -0.2) is 4.79 Å². The first kappa shape index (κ1) is 32.0. The SMILES string of the molecule is C=C1C(=O)OC23O[C@@H](C4(CC/C=C/C)OCCO4)CC4C(CCCCC/C=C/C)C(C(=O)CC42)C13OC(CBr)OCC. The Morgan fingerprint density at radius 3 is 2.52 bits per heavy atom. The zero-order chi connectivity index (χ0) is 30.0. The molecule has 9 heteroatoms. The first-order chi connectivity index (χ1) is 20.3. The molecule has 0 aromatic heterocycles. The quantitative estimate of drug-likeness (QED) is 0.0519. The molecule has 0 radical (unpaired) electrons. The molecule has 8 nitrogen and oxygen atoms in total. The van der Waals surface area contributed by atoms with Crippen molar-refractivity contribution in [1.29, 1.82) is 0 Å². The predicted molar refractivity (Wildman–Crippen MR) is 161 cm³/mol. The summed E-state index contributed by atoms with van der Waals surface area (Å²) in [5.74, 6) is -3.87. The van der Waals surface area contributed by atoms with Gasteiger partial charge in [-0.05, 0) is 64.7 Å². The minimum atomic E-state index is -1.50. The Balaban J connectivity index is 1.57. The molecule has 0 amide bonds. The maximum atomic E-state index is 14.0. The van der Waals surface area contributed by atoms with E-state index in [1.165, 1.54) is 0 Å². The third kappa shape index (κ3) is 5.20. The number of esters is 1. The number of hydrogen-bond donors (Lipinski definition) is 0. The molecule has 234 valence electrons. The maximum absolute atomic E-state index is 14.0. The second-order valence-electron chi connectivity index (χ2n) is 12.2. The first-order valence-corrected chi connectivity index (χ1v) is 16.9. The third-order valence-corrected chi connectivity index (χ3v) is 10.6. The molecular weight excluding hydrogens is 604 g/mol. The zero-order valence-electron chi connectivity index (χ0n) is 25.3. The maximum Gasteiger partial charge on any atom is 0.339 e. The topological polar surface area (TPSA) is 89.5 Å². The van der Waals surface area contributed by atoms with E-state index < -0.39 is 41.5 Å². The minimum Gasteiger partial charge on any atom is -0.426 e. The lowest BCUT2D eigenvalue weighted by atomic mass is 9.45. The molecule has 42 heavy (non-hydrogen) atoms. The number of carbonyl (C=O) groups is 2. The summed E-state index contributed by atoms with van der Waals surface area (Å²) in [7, 11) is 0. The lowest BCUT2D eigenvalue weighted by Gasteiger charge is -2.66. The normalized spacial score (nSPS) is 37.6. The number of hydrogen-bond acceptors (Lipinski definition) is 8. The molecule has 3 heterocycles. The standard InChI is InChI=1S/C33H47BrO8/c1-5-8-10-11-12-13-15-23-24-19-27(31(16-14-9-6-2)38-17-18-39-31)40-33-25(24)20-26(35)29(23)32(33,22(4)30(36)42-33)41-28(21-34)37-7-3/h5-6,8-9,23-25,27-29H,4,7,10-21H2,1-3H3/b8-5+,9-6+/t23?,24?,25?,27-,28?,29?,32?,33?/m1/s1. The monoisotopic (exact) mass is 650 g/mol. The average molecular weight is 652 g/mol. The van der Waals surface area contributed by atoms with E-state index in [-0.39, 0.29) is 35.5 Å². The molecule has 4 bridgehead atoms. The smallest absolute Gasteiger partial charge is 0.339 e. The van der Waals surface area contributed by atoms with Gasteiger partial charge in [0.2, 0.25) is 0 Å². The van der Waals surface area contributed by atoms with Crippen LogP contribution in [-0.4, -0.2) is 66.5 Å². The van der Waals surface area contributed by atoms with Crippen LogP contribution in [0.2, 0.25) is 0 Å². The number of Topliss-reactive ketones (excluding diaryl/α,β-unsaturated/α-hetero) is 1. The van der Waals surface area contributed by atoms with Crippen molar-refractivity contribution in [3.05, 3.63) is 36.5 Å². The fourth-order valence-corrected chi connectivity index (χ4v) is 8.76. The molecule has 3 saturated heterocycles. The van der Waals surface area contributed by atoms with Crippen LogP contribution < -0.4 is 0 Å². The van der Waals surface area contributed by atoms with Gasteiger partial charge in [0, 0.05) is 25.4 Å². The van der Waals surface area contributed by atoms with E-state index in [1.54, 1.807) is 0 Å². The van der Waals surface area contributed by atoms with Gasteiger partial charge in [-0.2, -0.15) is 0 Å². The molecule has 0 aromatic rings. The van der Waals surface area contributed by atoms with Gasteiger partial charge in [0.05, 0.1) is 30.0 Å². The van der Waals surface area contributed by atoms with Crippen LogP contribution in [0, 0.1) is 23.7 Å². The summed E-state index contributed by atoms with van der Waals surface area (Å²) in [4.78, 5) is 27.6. The number of ketones is 1. The number of alkyl halides is 1. The van der Waals surface area contributed by atoms with Crippen molar-refractivity contribution >= 4 is 27.7 Å². The summed E-state index contributed by atoms with van der Waals surface area (Å²) in [6.45, 7) is 11.5. The van der Waals surface area contributed by atoms with Gasteiger partial charge in [0.25, 0.3) is 5.79 Å². The van der Waals surface area contributed by atoms with Crippen molar-refractivity contribution in [3.63, 3.8) is 0 Å². The first-order valence-electron chi connectivity index (χ1n) is 15.8. The highest BCUT2D eigenvalue weighted by molar-refractivity contribution is 9.09. The number of ether oxygens (including phenoxy) is 6. The Hall–Kier alpha value is -1.36. The molecule has 7 unspecified atom stereocenters. The summed E-state index contributed by atoms with van der Waals surface area (Å²) < 4.78 is 38.8. The molecule has 6 aliphatic rings. The molecule has 1 spiro atoms. The fourth-order valence-electron chi connectivity index (χ4n) is 8.44. The van der Waals surface area contributed by atoms with Crippen LogP contribution in [0.1, 0.15) is 78.6 Å². The van der Waals surface area contributed by atoms with Crippen LogP contribution in [0.4, 0.5) is 0 Å². The number of rotatable bonds is 15. The molecule has 0 aromatic carbocycles. The van der Waals surface area contributed by atoms with Crippen LogP contribution in [0.5, 0.6) is 0 Å². The van der Waals surface area contributed by atoms with Gasteiger partial charge in [-0.15, -0.1) is 0 Å². The average Bonchev–Trinajstić information content (AvgIpc) is 3.54. The van der Waals surface area contributed by atoms with Crippen LogP contribution in [0.15, 0.2) is 36.5 Å². The molecule has 3 aliphatic heterocycles. The van der Waals surface area contributed by atoms with E-state index in [0.29, 0.717) is 38.0 Å². The summed E-state index contributed by atoms with van der Waals surface area (Å²) in [5, 5.41) is 0.355. The number of fused-ring (bicyclic) bond motifs is 1. The third-order valence-electron chi connectivity index (χ3n) is 10.1. The highest BCUT2D eigenvalue weighted by Crippen LogP contribution is 2.70. The van der Waals surface area contributed by atoms with Gasteiger partial charge in [0.15, 0.2) is 17.7 Å². The van der Waals surface area contributed by atoms with Gasteiger partial charge in [-0.3, -0.25) is 4.79 Å². The van der Waals surface area contributed by atoms with E-state index >= 15 is 0 Å². The van der Waals surface area contributed by atoms with Gasteiger partial charge < -0.3 is 28.4 Å². The lowest BCUT2D eigenvalue weighted by molar-refractivity contribution is -0.429. The molecular formula is C33H47BrO8. The van der Waals surface area contributed by atoms with Crippen molar-refractivity contribution in [2.75, 3.05) is 25.2 Å². The second kappa shape index (κ2) is 13.3. The van der Waals surface area contributed by atoms with E-state index in [0.717, 1.165) is 38.5 Å². The van der Waals surface area contributed by atoms with Crippen LogP contribution in [0.3, 0.4) is 0 Å². The highest BCUT2D eigenvalue weighted by Gasteiger charge is 2.84. The summed E-state index contributed by atoms with van der Waals surface area (Å²) in [6, 6.07) is 0. The van der Waals surface area contributed by atoms with Crippen molar-refractivity contribution < 1.29 is 38.0 Å². The van der Waals surface area contributed by atoms with Crippen molar-refractivity contribution in [1.82, 2.24) is 0 Å². The summed E-state index contributed by atoms with van der Waals surface area (Å²) in [6.07, 6.45) is 14.5. The summed E-state index contributed by atoms with van der Waals surface area (Å²) in [5.41, 5.74) is -1.35. The Kier molecular flexibility index (Phi) is 10.2. The van der Waals surface area contributed by atoms with Crippen molar-refractivity contribution in [2.24, 2.45) is 23.7 Å². The van der Waals surface area contributed by atoms with Crippen LogP contribution >= 0.6 is 15.9 Å². The molecule has 6 rings (SSSR count). The van der Waals surface area contributed by atoms with E-state index in [4.69, 9.17) is 28.4 Å². The molecule has 8 atom stereocenters. The Morgan fingerprint density at radius 1 is 1.10 bits per heavy atom. The number of unbranched alkanes of at least 4 members (excludes halogenated alkanes) is 3. The molecule has 6 fully saturated rings. The summed E-state index contributed by atoms with van der Waals surface area (Å²) >= 11 is 3.52. The Labute approximate surface area is 258 Å². The number of halogens is 1. The predicted octanol–water partition coefficient (Wildman–Crippen LogP) is 6.17. The van der Waals surface area contributed by atoms with Crippen LogP contribution in [0.25, 0.3) is 0 Å². The van der Waals surface area contributed by atoms with Gasteiger partial charge >= 0.3 is 5.97 Å². The fraction of sp³-hybridized carbons (Fsp3) is 0.758. The zero-order valence-corrected chi connectivity index (χ0v) is 26.9. The van der Waals surface area contributed by atoms with E-state index in [2.05, 4.69) is 40.7 Å². The number of carbonyl (C=O) groups excluding carboxylic acids is 2. The lowest BCUT2D eigenvalue weighted by Crippen LogP contribution is -2.79. The van der Waals surface area contributed by atoms with Crippen LogP contribution in [-0.2, 0) is 38.0 Å². The highest BCUT2D eigenvalue weighted by atomic mass is 79.9. The molecule has 3 saturated carbocycles. The second-order valence-corrected chi connectivity index (χ2v) is 12.8. The minimum absolute atomic E-state index is 0.0182. The van der Waals surface area contributed by atoms with E-state index in [1.807, 2.05) is 26.8 Å². The Bertz CT molecular complexity index is 1070. The molecule has 3 aliphatic carbocycles. The number of allylic oxidation sites excluding steroid dienone is 4. The largest absolute Gasteiger partial charge is 0.426 e. The van der Waals surface area contributed by atoms with E-state index in [9.17, 15) is 9.59 Å². The van der Waals surface area contributed by atoms with Gasteiger partial charge in [0.1, 0.15) is 11.9 Å². The molecule has 0 N–H and O–H groups in total. The Morgan fingerprint density at radius 2 is 1.83 bits per heavy atom.